The summed E-state index contributed by atoms with van der Waals surface area (Å²) in [7, 11) is 1.62. The lowest BCUT2D eigenvalue weighted by atomic mass is 10.2. The Morgan fingerprint density at radius 3 is 3.00 bits per heavy atom. The molecule has 0 spiro atoms. The molecule has 1 aromatic rings. The zero-order chi connectivity index (χ0) is 11.8. The van der Waals surface area contributed by atoms with Crippen molar-refractivity contribution < 1.29 is 9.53 Å². The standard InChI is InChI=1S/C11H13N3O2/c1-16-6-2-5-13-11(15)9-3-4-10(7-12)14-8-9/h3-4,8H,2,5-6H2,1H3,(H,13,15). The van der Waals surface area contributed by atoms with Crippen molar-refractivity contribution in [2.24, 2.45) is 0 Å². The van der Waals surface area contributed by atoms with Gasteiger partial charge >= 0.3 is 0 Å². The molecule has 1 amide bonds. The van der Waals surface area contributed by atoms with Crippen LogP contribution in [-0.4, -0.2) is 31.2 Å². The summed E-state index contributed by atoms with van der Waals surface area (Å²) >= 11 is 0. The Morgan fingerprint density at radius 2 is 2.44 bits per heavy atom. The highest BCUT2D eigenvalue weighted by Crippen LogP contribution is 1.99. The van der Waals surface area contributed by atoms with E-state index in [2.05, 4.69) is 10.3 Å². The second-order valence-electron chi connectivity index (χ2n) is 3.15. The number of hydrogen-bond donors (Lipinski definition) is 1. The lowest BCUT2D eigenvalue weighted by molar-refractivity contribution is 0.0948. The lowest BCUT2D eigenvalue weighted by Crippen LogP contribution is -2.25. The van der Waals surface area contributed by atoms with E-state index in [0.717, 1.165) is 6.42 Å². The number of aromatic nitrogens is 1. The number of rotatable bonds is 5. The van der Waals surface area contributed by atoms with Crippen molar-refractivity contribution >= 4 is 5.91 Å². The molecule has 0 aliphatic carbocycles. The van der Waals surface area contributed by atoms with E-state index >= 15 is 0 Å². The van der Waals surface area contributed by atoms with E-state index in [4.69, 9.17) is 10.00 Å². The van der Waals surface area contributed by atoms with Gasteiger partial charge in [-0.3, -0.25) is 4.79 Å². The van der Waals surface area contributed by atoms with Gasteiger partial charge in [0.2, 0.25) is 0 Å². The summed E-state index contributed by atoms with van der Waals surface area (Å²) in [5.74, 6) is -0.187. The van der Waals surface area contributed by atoms with E-state index in [-0.39, 0.29) is 5.91 Å². The molecule has 0 saturated heterocycles. The summed E-state index contributed by atoms with van der Waals surface area (Å²) < 4.78 is 4.86. The molecule has 0 unspecified atom stereocenters. The maximum Gasteiger partial charge on any atom is 0.252 e. The van der Waals surface area contributed by atoms with Crippen LogP contribution in [0.1, 0.15) is 22.5 Å². The van der Waals surface area contributed by atoms with E-state index in [1.165, 1.54) is 12.3 Å². The predicted octanol–water partition coefficient (Wildman–Crippen LogP) is 0.720. The van der Waals surface area contributed by atoms with Crippen molar-refractivity contribution in [3.8, 4) is 6.07 Å². The van der Waals surface area contributed by atoms with Crippen LogP contribution in [-0.2, 0) is 4.74 Å². The fourth-order valence-corrected chi connectivity index (χ4v) is 1.11. The van der Waals surface area contributed by atoms with Crippen LogP contribution in [0.15, 0.2) is 18.3 Å². The van der Waals surface area contributed by atoms with Gasteiger partial charge in [-0.05, 0) is 18.6 Å². The third kappa shape index (κ3) is 3.67. The lowest BCUT2D eigenvalue weighted by Gasteiger charge is -2.04. The highest BCUT2D eigenvalue weighted by molar-refractivity contribution is 5.93. The van der Waals surface area contributed by atoms with Crippen molar-refractivity contribution in [2.75, 3.05) is 20.3 Å². The minimum atomic E-state index is -0.187. The number of pyridine rings is 1. The van der Waals surface area contributed by atoms with Gasteiger partial charge in [0, 0.05) is 26.5 Å². The molecule has 1 N–H and O–H groups in total. The van der Waals surface area contributed by atoms with Crippen molar-refractivity contribution in [2.45, 2.75) is 6.42 Å². The van der Waals surface area contributed by atoms with E-state index in [1.54, 1.807) is 13.2 Å². The smallest absolute Gasteiger partial charge is 0.252 e. The molecule has 0 atom stereocenters. The van der Waals surface area contributed by atoms with E-state index in [0.29, 0.717) is 24.4 Å². The van der Waals surface area contributed by atoms with Crippen LogP contribution in [0.2, 0.25) is 0 Å². The quantitative estimate of drug-likeness (QED) is 0.740. The van der Waals surface area contributed by atoms with Crippen LogP contribution >= 0.6 is 0 Å². The van der Waals surface area contributed by atoms with E-state index in [1.807, 2.05) is 6.07 Å². The number of ether oxygens (including phenoxy) is 1. The van der Waals surface area contributed by atoms with Gasteiger partial charge in [0.15, 0.2) is 0 Å². The number of amides is 1. The Hall–Kier alpha value is -1.93. The SMILES string of the molecule is COCCCNC(=O)c1ccc(C#N)nc1. The monoisotopic (exact) mass is 219 g/mol. The van der Waals surface area contributed by atoms with Gasteiger partial charge in [0.05, 0.1) is 5.56 Å². The number of nitrogens with zero attached hydrogens (tertiary/aromatic N) is 2. The Bertz CT molecular complexity index is 381. The number of nitrogens with one attached hydrogen (secondary N) is 1. The molecule has 16 heavy (non-hydrogen) atoms. The Balaban J connectivity index is 2.44. The molecule has 0 aliphatic heterocycles. The summed E-state index contributed by atoms with van der Waals surface area (Å²) in [5.41, 5.74) is 0.757. The molecule has 1 rings (SSSR count). The average molecular weight is 219 g/mol. The predicted molar refractivity (Wildman–Crippen MR) is 57.8 cm³/mol. The van der Waals surface area contributed by atoms with Gasteiger partial charge in [-0.25, -0.2) is 4.98 Å². The number of nitriles is 1. The normalized spacial score (nSPS) is 9.50. The molecule has 84 valence electrons. The van der Waals surface area contributed by atoms with Gasteiger partial charge in [-0.2, -0.15) is 5.26 Å². The van der Waals surface area contributed by atoms with Gasteiger partial charge in [-0.15, -0.1) is 0 Å². The van der Waals surface area contributed by atoms with Crippen LogP contribution in [0.25, 0.3) is 0 Å². The summed E-state index contributed by atoms with van der Waals surface area (Å²) in [4.78, 5) is 15.3. The molecule has 1 heterocycles. The van der Waals surface area contributed by atoms with Crippen LogP contribution in [0.3, 0.4) is 0 Å². The zero-order valence-electron chi connectivity index (χ0n) is 9.06. The van der Waals surface area contributed by atoms with E-state index < -0.39 is 0 Å². The highest BCUT2D eigenvalue weighted by atomic mass is 16.5. The molecule has 0 aliphatic rings. The maximum atomic E-state index is 11.5. The first-order valence-corrected chi connectivity index (χ1v) is 4.91. The molecule has 1 aromatic heterocycles. The summed E-state index contributed by atoms with van der Waals surface area (Å²) in [6, 6.07) is 4.99. The highest BCUT2D eigenvalue weighted by Gasteiger charge is 2.04. The number of hydrogen-bond acceptors (Lipinski definition) is 4. The van der Waals surface area contributed by atoms with Crippen molar-refractivity contribution in [1.29, 1.82) is 5.26 Å². The first-order valence-electron chi connectivity index (χ1n) is 4.91. The summed E-state index contributed by atoms with van der Waals surface area (Å²) in [6.45, 7) is 1.18. The fourth-order valence-electron chi connectivity index (χ4n) is 1.11. The van der Waals surface area contributed by atoms with Crippen molar-refractivity contribution in [3.63, 3.8) is 0 Å². The maximum absolute atomic E-state index is 11.5. The summed E-state index contributed by atoms with van der Waals surface area (Å²) in [6.07, 6.45) is 2.16. The Labute approximate surface area is 94.1 Å². The third-order valence-corrected chi connectivity index (χ3v) is 1.95. The van der Waals surface area contributed by atoms with Crippen LogP contribution in [0, 0.1) is 11.3 Å². The average Bonchev–Trinajstić information content (AvgIpc) is 2.34. The second-order valence-corrected chi connectivity index (χ2v) is 3.15. The van der Waals surface area contributed by atoms with Crippen molar-refractivity contribution in [1.82, 2.24) is 10.3 Å². The number of carbonyl (C=O) groups excluding carboxylic acids is 1. The molecule has 5 nitrogen and oxygen atoms in total. The molecule has 0 aromatic carbocycles. The van der Waals surface area contributed by atoms with Gasteiger partial charge < -0.3 is 10.1 Å². The third-order valence-electron chi connectivity index (χ3n) is 1.95. The van der Waals surface area contributed by atoms with Crippen LogP contribution in [0.5, 0.6) is 0 Å². The van der Waals surface area contributed by atoms with E-state index in [9.17, 15) is 4.79 Å². The molecule has 0 radical (unpaired) electrons. The molecule has 0 bridgehead atoms. The first kappa shape index (κ1) is 12.1. The Kier molecular flexibility index (Phi) is 4.96. The molecular weight excluding hydrogens is 206 g/mol. The topological polar surface area (TPSA) is 75.0 Å². The molecule has 5 heteroatoms. The largest absolute Gasteiger partial charge is 0.385 e. The van der Waals surface area contributed by atoms with Crippen LogP contribution < -0.4 is 5.32 Å². The zero-order valence-corrected chi connectivity index (χ0v) is 9.06. The minimum absolute atomic E-state index is 0.187. The fraction of sp³-hybridized carbons (Fsp3) is 0.364. The number of carbonyl (C=O) groups is 1. The van der Waals surface area contributed by atoms with Crippen molar-refractivity contribution in [3.05, 3.63) is 29.6 Å². The van der Waals surface area contributed by atoms with Crippen LogP contribution in [0.4, 0.5) is 0 Å². The first-order chi connectivity index (χ1) is 7.77. The van der Waals surface area contributed by atoms with Gasteiger partial charge in [0.1, 0.15) is 11.8 Å². The van der Waals surface area contributed by atoms with Gasteiger partial charge in [0.25, 0.3) is 5.91 Å². The molecule has 0 fully saturated rings. The molecule has 0 saturated carbocycles. The molecular formula is C11H13N3O2. The number of methoxy groups -OCH3 is 1. The Morgan fingerprint density at radius 1 is 1.62 bits per heavy atom. The summed E-state index contributed by atoms with van der Waals surface area (Å²) in [5, 5.41) is 11.3. The minimum Gasteiger partial charge on any atom is -0.385 e. The van der Waals surface area contributed by atoms with Gasteiger partial charge in [-0.1, -0.05) is 0 Å². The second kappa shape index (κ2) is 6.53.